The van der Waals surface area contributed by atoms with Gasteiger partial charge in [0, 0.05) is 21.1 Å². The summed E-state index contributed by atoms with van der Waals surface area (Å²) >= 11 is 0. The van der Waals surface area contributed by atoms with E-state index in [0.717, 1.165) is 11.5 Å². The molecule has 1 radical (unpaired) electrons. The van der Waals surface area contributed by atoms with Crippen LogP contribution in [0.25, 0.3) is 0 Å². The first-order chi connectivity index (χ1) is 6.59. The van der Waals surface area contributed by atoms with Crippen LogP contribution < -0.4 is 15.1 Å². The normalized spacial score (nSPS) is 13.9. The van der Waals surface area contributed by atoms with Gasteiger partial charge in [-0.25, -0.2) is 9.78 Å². The first kappa shape index (κ1) is 8.80. The lowest BCUT2D eigenvalue weighted by Gasteiger charge is -2.12. The minimum Gasteiger partial charge on any atom is -0.363 e. The molecule has 0 spiro atoms. The molecule has 1 aliphatic rings. The second kappa shape index (κ2) is 2.87. The van der Waals surface area contributed by atoms with Crippen LogP contribution in [0.15, 0.2) is 12.1 Å². The second-order valence-corrected chi connectivity index (χ2v) is 3.36. The van der Waals surface area contributed by atoms with Gasteiger partial charge < -0.3 is 4.90 Å². The van der Waals surface area contributed by atoms with E-state index in [9.17, 15) is 4.79 Å². The van der Waals surface area contributed by atoms with E-state index in [4.69, 9.17) is 0 Å². The SMILES string of the molecule is CN(C)c1ccc2c(n1)[N]C(=O)N2C. The number of urea groups is 1. The highest BCUT2D eigenvalue weighted by Crippen LogP contribution is 2.31. The quantitative estimate of drug-likeness (QED) is 0.664. The van der Waals surface area contributed by atoms with E-state index in [1.54, 1.807) is 7.05 Å². The van der Waals surface area contributed by atoms with Crippen molar-refractivity contribution >= 4 is 23.4 Å². The second-order valence-electron chi connectivity index (χ2n) is 3.36. The number of anilines is 2. The van der Waals surface area contributed by atoms with Gasteiger partial charge >= 0.3 is 6.03 Å². The van der Waals surface area contributed by atoms with Crippen molar-refractivity contribution in [3.63, 3.8) is 0 Å². The lowest BCUT2D eigenvalue weighted by Crippen LogP contribution is -2.22. The Kier molecular flexibility index (Phi) is 1.80. The van der Waals surface area contributed by atoms with E-state index in [1.807, 2.05) is 31.1 Å². The van der Waals surface area contributed by atoms with Gasteiger partial charge in [-0.2, -0.15) is 5.32 Å². The molecule has 0 saturated carbocycles. The van der Waals surface area contributed by atoms with Crippen LogP contribution in [-0.4, -0.2) is 32.2 Å². The summed E-state index contributed by atoms with van der Waals surface area (Å²) < 4.78 is 0. The van der Waals surface area contributed by atoms with Gasteiger partial charge in [-0.15, -0.1) is 0 Å². The molecule has 73 valence electrons. The Morgan fingerprint density at radius 2 is 2.07 bits per heavy atom. The average molecular weight is 191 g/mol. The van der Waals surface area contributed by atoms with Crippen molar-refractivity contribution in [2.45, 2.75) is 0 Å². The number of fused-ring (bicyclic) bond motifs is 1. The van der Waals surface area contributed by atoms with Crippen LogP contribution in [0.3, 0.4) is 0 Å². The standard InChI is InChI=1S/C9H11N4O/c1-12(2)7-5-4-6-8(10-7)11-9(14)13(6)3/h4-5H,1-3H3. The number of carbonyl (C=O) groups is 1. The summed E-state index contributed by atoms with van der Waals surface area (Å²) in [5, 5.41) is 3.83. The molecular weight excluding hydrogens is 180 g/mol. The molecule has 5 nitrogen and oxygen atoms in total. The van der Waals surface area contributed by atoms with Gasteiger partial charge in [0.05, 0.1) is 5.69 Å². The van der Waals surface area contributed by atoms with Crippen LogP contribution in [0, 0.1) is 0 Å². The van der Waals surface area contributed by atoms with E-state index in [2.05, 4.69) is 10.3 Å². The molecule has 1 aromatic rings. The zero-order valence-corrected chi connectivity index (χ0v) is 8.35. The third kappa shape index (κ3) is 1.17. The predicted molar refractivity (Wildman–Crippen MR) is 54.2 cm³/mol. The molecule has 0 saturated heterocycles. The van der Waals surface area contributed by atoms with E-state index in [-0.39, 0.29) is 6.03 Å². The third-order valence-electron chi connectivity index (χ3n) is 2.15. The Morgan fingerprint density at radius 3 is 2.71 bits per heavy atom. The molecule has 14 heavy (non-hydrogen) atoms. The van der Waals surface area contributed by atoms with Crippen molar-refractivity contribution in [3.8, 4) is 0 Å². The first-order valence-electron chi connectivity index (χ1n) is 4.27. The van der Waals surface area contributed by atoms with Crippen LogP contribution in [0.2, 0.25) is 0 Å². The number of pyridine rings is 1. The molecule has 0 aliphatic carbocycles. The highest BCUT2D eigenvalue weighted by Gasteiger charge is 2.26. The summed E-state index contributed by atoms with van der Waals surface area (Å²) in [5.41, 5.74) is 0.764. The predicted octanol–water partition coefficient (Wildman–Crippen LogP) is 0.953. The maximum Gasteiger partial charge on any atom is 0.349 e. The van der Waals surface area contributed by atoms with Crippen molar-refractivity contribution in [1.82, 2.24) is 10.3 Å². The Hall–Kier alpha value is -1.78. The summed E-state index contributed by atoms with van der Waals surface area (Å²) in [6, 6.07) is 3.46. The molecule has 1 aliphatic heterocycles. The number of amides is 2. The van der Waals surface area contributed by atoms with Gasteiger partial charge in [0.15, 0.2) is 5.82 Å². The Balaban J connectivity index is 2.44. The number of aromatic nitrogens is 1. The fraction of sp³-hybridized carbons (Fsp3) is 0.333. The number of hydrogen-bond acceptors (Lipinski definition) is 3. The zero-order chi connectivity index (χ0) is 10.3. The molecule has 2 amide bonds. The van der Waals surface area contributed by atoms with E-state index in [0.29, 0.717) is 5.82 Å². The largest absolute Gasteiger partial charge is 0.363 e. The highest BCUT2D eigenvalue weighted by atomic mass is 16.2. The highest BCUT2D eigenvalue weighted by molar-refractivity contribution is 6.02. The summed E-state index contributed by atoms with van der Waals surface area (Å²) in [6.45, 7) is 0. The molecule has 0 atom stereocenters. The molecule has 0 unspecified atom stereocenters. The minimum absolute atomic E-state index is 0.261. The van der Waals surface area contributed by atoms with E-state index >= 15 is 0 Å². The first-order valence-corrected chi connectivity index (χ1v) is 4.27. The Labute approximate surface area is 82.3 Å². The molecule has 2 rings (SSSR count). The molecule has 2 heterocycles. The van der Waals surface area contributed by atoms with Gasteiger partial charge in [-0.1, -0.05) is 0 Å². The summed E-state index contributed by atoms with van der Waals surface area (Å²) in [7, 11) is 5.49. The lowest BCUT2D eigenvalue weighted by molar-refractivity contribution is 0.252. The minimum atomic E-state index is -0.261. The van der Waals surface area contributed by atoms with Crippen LogP contribution in [0.4, 0.5) is 22.1 Å². The summed E-state index contributed by atoms with van der Waals surface area (Å²) in [5.74, 6) is 1.30. The molecule has 0 bridgehead atoms. The van der Waals surface area contributed by atoms with Crippen molar-refractivity contribution in [2.75, 3.05) is 30.9 Å². The number of hydrogen-bond donors (Lipinski definition) is 0. The lowest BCUT2D eigenvalue weighted by atomic mass is 10.3. The topological polar surface area (TPSA) is 50.5 Å². The van der Waals surface area contributed by atoms with Crippen LogP contribution in [0.5, 0.6) is 0 Å². The van der Waals surface area contributed by atoms with Gasteiger partial charge in [0.1, 0.15) is 5.82 Å². The van der Waals surface area contributed by atoms with Crippen molar-refractivity contribution in [2.24, 2.45) is 0 Å². The van der Waals surface area contributed by atoms with Gasteiger partial charge in [0.25, 0.3) is 0 Å². The average Bonchev–Trinajstić information content (AvgIpc) is 2.42. The Bertz CT molecular complexity index is 388. The fourth-order valence-electron chi connectivity index (χ4n) is 1.29. The van der Waals surface area contributed by atoms with Crippen LogP contribution in [0.1, 0.15) is 0 Å². The number of carbonyl (C=O) groups excluding carboxylic acids is 1. The summed E-state index contributed by atoms with van der Waals surface area (Å²) in [6.07, 6.45) is 0. The van der Waals surface area contributed by atoms with Crippen molar-refractivity contribution < 1.29 is 4.79 Å². The fourth-order valence-corrected chi connectivity index (χ4v) is 1.29. The smallest absolute Gasteiger partial charge is 0.349 e. The third-order valence-corrected chi connectivity index (χ3v) is 2.15. The van der Waals surface area contributed by atoms with Gasteiger partial charge in [0.2, 0.25) is 0 Å². The molecule has 0 fully saturated rings. The number of nitrogens with zero attached hydrogens (tertiary/aromatic N) is 4. The van der Waals surface area contributed by atoms with E-state index < -0.39 is 0 Å². The maximum absolute atomic E-state index is 11.2. The Morgan fingerprint density at radius 1 is 1.36 bits per heavy atom. The maximum atomic E-state index is 11.2. The number of rotatable bonds is 1. The molecular formula is C9H11N4O. The molecule has 0 aromatic carbocycles. The molecule has 0 N–H and O–H groups in total. The summed E-state index contributed by atoms with van der Waals surface area (Å²) in [4.78, 5) is 18.8. The van der Waals surface area contributed by atoms with Gasteiger partial charge in [-0.05, 0) is 12.1 Å². The van der Waals surface area contributed by atoms with Crippen LogP contribution >= 0.6 is 0 Å². The van der Waals surface area contributed by atoms with E-state index in [1.165, 1.54) is 4.90 Å². The molecule has 5 heteroatoms. The van der Waals surface area contributed by atoms with Crippen molar-refractivity contribution in [1.29, 1.82) is 0 Å². The molecule has 1 aromatic heterocycles. The van der Waals surface area contributed by atoms with Crippen molar-refractivity contribution in [3.05, 3.63) is 12.1 Å². The van der Waals surface area contributed by atoms with Gasteiger partial charge in [-0.3, -0.25) is 4.90 Å². The van der Waals surface area contributed by atoms with Crippen LogP contribution in [-0.2, 0) is 0 Å². The monoisotopic (exact) mass is 191 g/mol. The zero-order valence-electron chi connectivity index (χ0n) is 8.35.